The van der Waals surface area contributed by atoms with Gasteiger partial charge in [0.15, 0.2) is 5.16 Å². The van der Waals surface area contributed by atoms with Gasteiger partial charge in [0.05, 0.1) is 21.0 Å². The number of thioether (sulfide) groups is 1. The summed E-state index contributed by atoms with van der Waals surface area (Å²) < 4.78 is 24.3. The van der Waals surface area contributed by atoms with Gasteiger partial charge in [0.2, 0.25) is 15.9 Å². The van der Waals surface area contributed by atoms with Crippen LogP contribution in [-0.4, -0.2) is 29.1 Å². The summed E-state index contributed by atoms with van der Waals surface area (Å²) in [6, 6.07) is 12.8. The Morgan fingerprint density at radius 2 is 1.87 bits per heavy atom. The molecule has 0 radical (unpaired) electrons. The quantitative estimate of drug-likeness (QED) is 0.393. The molecule has 0 saturated carbocycles. The molecule has 164 valence electrons. The summed E-state index contributed by atoms with van der Waals surface area (Å²) >= 11 is 1.21. The van der Waals surface area contributed by atoms with Crippen LogP contribution in [0.5, 0.6) is 0 Å². The molecule has 8 nitrogen and oxygen atoms in total. The van der Waals surface area contributed by atoms with E-state index < -0.39 is 15.3 Å². The van der Waals surface area contributed by atoms with E-state index in [-0.39, 0.29) is 16.4 Å². The molecule has 0 bridgehead atoms. The summed E-state index contributed by atoms with van der Waals surface area (Å²) in [5.41, 5.74) is 0.918. The van der Waals surface area contributed by atoms with Gasteiger partial charge in [-0.15, -0.1) is 0 Å². The van der Waals surface area contributed by atoms with Crippen LogP contribution in [-0.2, 0) is 21.4 Å². The Labute approximate surface area is 184 Å². The third kappa shape index (κ3) is 5.52. The molecule has 3 N–H and O–H groups in total. The number of para-hydroxylation sites is 1. The van der Waals surface area contributed by atoms with Gasteiger partial charge in [-0.2, -0.15) is 0 Å². The first-order valence-electron chi connectivity index (χ1n) is 9.80. The molecule has 1 heterocycles. The van der Waals surface area contributed by atoms with E-state index in [2.05, 4.69) is 10.3 Å². The van der Waals surface area contributed by atoms with Crippen molar-refractivity contribution in [2.45, 2.75) is 48.5 Å². The zero-order valence-corrected chi connectivity index (χ0v) is 18.9. The van der Waals surface area contributed by atoms with Crippen LogP contribution in [0.25, 0.3) is 10.9 Å². The number of nitrogens with two attached hydrogens (primary N) is 1. The van der Waals surface area contributed by atoms with Crippen LogP contribution in [0.15, 0.2) is 63.4 Å². The minimum atomic E-state index is -3.80. The predicted molar refractivity (Wildman–Crippen MR) is 123 cm³/mol. The molecular weight excluding hydrogens is 436 g/mol. The number of carbonyl (C=O) groups is 1. The van der Waals surface area contributed by atoms with Gasteiger partial charge < -0.3 is 5.32 Å². The topological polar surface area (TPSA) is 124 Å². The molecular formula is C21H24N4O4S2. The lowest BCUT2D eigenvalue weighted by Crippen LogP contribution is -2.27. The van der Waals surface area contributed by atoms with Crippen molar-refractivity contribution in [3.63, 3.8) is 0 Å². The lowest BCUT2D eigenvalue weighted by Gasteiger charge is -2.16. The maximum absolute atomic E-state index is 13.0. The molecule has 0 aliphatic carbocycles. The number of sulfonamides is 1. The molecule has 0 aliphatic heterocycles. The van der Waals surface area contributed by atoms with Gasteiger partial charge in [-0.1, -0.05) is 37.2 Å². The fraction of sp³-hybridized carbons (Fsp3) is 0.286. The Bertz CT molecular complexity index is 1250. The van der Waals surface area contributed by atoms with Crippen LogP contribution in [0.3, 0.4) is 0 Å². The molecule has 1 atom stereocenters. The Morgan fingerprint density at radius 3 is 2.52 bits per heavy atom. The number of unbranched alkanes of at least 4 members (excludes halogenated alkanes) is 1. The van der Waals surface area contributed by atoms with Gasteiger partial charge in [0, 0.05) is 12.2 Å². The van der Waals surface area contributed by atoms with Gasteiger partial charge in [0.1, 0.15) is 0 Å². The van der Waals surface area contributed by atoms with Crippen molar-refractivity contribution >= 4 is 44.3 Å². The third-order valence-electron chi connectivity index (χ3n) is 4.66. The highest BCUT2D eigenvalue weighted by molar-refractivity contribution is 8.00. The second-order valence-corrected chi connectivity index (χ2v) is 9.91. The number of amides is 1. The van der Waals surface area contributed by atoms with Crippen LogP contribution >= 0.6 is 11.8 Å². The summed E-state index contributed by atoms with van der Waals surface area (Å²) in [4.78, 5) is 30.2. The van der Waals surface area contributed by atoms with E-state index in [4.69, 9.17) is 5.14 Å². The Hall–Kier alpha value is -2.69. The number of fused-ring (bicyclic) bond motifs is 1. The molecule has 31 heavy (non-hydrogen) atoms. The van der Waals surface area contributed by atoms with Gasteiger partial charge in [0.25, 0.3) is 5.56 Å². The SMILES string of the molecule is CCCCn1c(SC(C)C(=O)Nc2ccc(S(N)(=O)=O)cc2)nc2ccccc2c1=O. The first-order valence-corrected chi connectivity index (χ1v) is 12.2. The van der Waals surface area contributed by atoms with E-state index in [1.807, 2.05) is 13.0 Å². The first-order chi connectivity index (χ1) is 14.7. The average molecular weight is 461 g/mol. The lowest BCUT2D eigenvalue weighted by molar-refractivity contribution is -0.115. The number of aromatic nitrogens is 2. The van der Waals surface area contributed by atoms with Crippen LogP contribution in [0, 0.1) is 0 Å². The molecule has 3 aromatic rings. The Balaban J connectivity index is 1.82. The number of rotatable bonds is 8. The Morgan fingerprint density at radius 1 is 1.19 bits per heavy atom. The molecule has 0 saturated heterocycles. The van der Waals surface area contributed by atoms with Crippen molar-refractivity contribution < 1.29 is 13.2 Å². The van der Waals surface area contributed by atoms with Crippen molar-refractivity contribution in [2.24, 2.45) is 5.14 Å². The standard InChI is InChI=1S/C21H24N4O4S2/c1-3-4-13-25-20(27)17-7-5-6-8-18(17)24-21(25)30-14(2)19(26)23-15-9-11-16(12-10-15)31(22,28)29/h5-12,14H,3-4,13H2,1-2H3,(H,23,26)(H2,22,28,29). The molecule has 2 aromatic carbocycles. The minimum absolute atomic E-state index is 0.0340. The average Bonchev–Trinajstić information content (AvgIpc) is 2.73. The predicted octanol–water partition coefficient (Wildman–Crippen LogP) is 2.96. The summed E-state index contributed by atoms with van der Waals surface area (Å²) in [6.07, 6.45) is 1.75. The lowest BCUT2D eigenvalue weighted by atomic mass is 10.2. The van der Waals surface area contributed by atoms with E-state index in [1.165, 1.54) is 36.0 Å². The molecule has 0 spiro atoms. The van der Waals surface area contributed by atoms with Crippen LogP contribution in [0.4, 0.5) is 5.69 Å². The molecule has 0 fully saturated rings. The van der Waals surface area contributed by atoms with Crippen LogP contribution in [0.2, 0.25) is 0 Å². The number of carbonyl (C=O) groups excluding carboxylic acids is 1. The summed E-state index contributed by atoms with van der Waals surface area (Å²) in [5, 5.41) is 8.33. The second-order valence-electron chi connectivity index (χ2n) is 7.04. The summed E-state index contributed by atoms with van der Waals surface area (Å²) in [6.45, 7) is 4.30. The van der Waals surface area contributed by atoms with Gasteiger partial charge in [-0.25, -0.2) is 18.5 Å². The summed E-state index contributed by atoms with van der Waals surface area (Å²) in [5.74, 6) is -0.294. The molecule has 1 aromatic heterocycles. The summed E-state index contributed by atoms with van der Waals surface area (Å²) in [7, 11) is -3.80. The number of anilines is 1. The van der Waals surface area contributed by atoms with E-state index in [0.717, 1.165) is 12.8 Å². The van der Waals surface area contributed by atoms with E-state index >= 15 is 0 Å². The van der Waals surface area contributed by atoms with Crippen LogP contribution in [0.1, 0.15) is 26.7 Å². The largest absolute Gasteiger partial charge is 0.325 e. The van der Waals surface area contributed by atoms with Gasteiger partial charge in [-0.05, 0) is 49.7 Å². The van der Waals surface area contributed by atoms with E-state index in [9.17, 15) is 18.0 Å². The maximum Gasteiger partial charge on any atom is 0.262 e. The number of hydrogen-bond donors (Lipinski definition) is 2. The van der Waals surface area contributed by atoms with Crippen molar-refractivity contribution in [2.75, 3.05) is 5.32 Å². The molecule has 0 aliphatic rings. The highest BCUT2D eigenvalue weighted by Gasteiger charge is 2.20. The zero-order chi connectivity index (χ0) is 22.6. The monoisotopic (exact) mass is 460 g/mol. The van der Waals surface area contributed by atoms with Crippen molar-refractivity contribution in [1.29, 1.82) is 0 Å². The molecule has 1 amide bonds. The van der Waals surface area contributed by atoms with Crippen molar-refractivity contribution in [1.82, 2.24) is 9.55 Å². The highest BCUT2D eigenvalue weighted by Crippen LogP contribution is 2.24. The molecule has 10 heteroatoms. The number of nitrogens with one attached hydrogen (secondary N) is 1. The van der Waals surface area contributed by atoms with E-state index in [0.29, 0.717) is 28.3 Å². The zero-order valence-electron chi connectivity index (χ0n) is 17.2. The maximum atomic E-state index is 13.0. The normalized spacial score (nSPS) is 12.6. The van der Waals surface area contributed by atoms with E-state index in [1.54, 1.807) is 29.7 Å². The van der Waals surface area contributed by atoms with Gasteiger partial charge in [-0.3, -0.25) is 14.2 Å². The first kappa shape index (κ1) is 23.0. The second kappa shape index (κ2) is 9.63. The molecule has 1 unspecified atom stereocenters. The van der Waals surface area contributed by atoms with Crippen molar-refractivity contribution in [3.8, 4) is 0 Å². The minimum Gasteiger partial charge on any atom is -0.325 e. The smallest absolute Gasteiger partial charge is 0.262 e. The van der Waals surface area contributed by atoms with Crippen molar-refractivity contribution in [3.05, 3.63) is 58.9 Å². The number of nitrogens with zero attached hydrogens (tertiary/aromatic N) is 2. The molecule has 3 rings (SSSR count). The number of benzene rings is 2. The van der Waals surface area contributed by atoms with Crippen LogP contribution < -0.4 is 16.0 Å². The third-order valence-corrected chi connectivity index (χ3v) is 6.68. The fourth-order valence-corrected chi connectivity index (χ4v) is 4.38. The number of hydrogen-bond acceptors (Lipinski definition) is 6. The van der Waals surface area contributed by atoms with Gasteiger partial charge >= 0.3 is 0 Å². The fourth-order valence-electron chi connectivity index (χ4n) is 2.93. The Kier molecular flexibility index (Phi) is 7.14. The number of primary sulfonamides is 1. The highest BCUT2D eigenvalue weighted by atomic mass is 32.2.